The van der Waals surface area contributed by atoms with Crippen molar-refractivity contribution in [1.29, 1.82) is 0 Å². The molecule has 0 N–H and O–H groups in total. The molecule has 0 radical (unpaired) electrons. The van der Waals surface area contributed by atoms with Crippen LogP contribution in [0.3, 0.4) is 0 Å². The number of carbonyl (C=O) groups excluding carboxylic acids is 1. The Bertz CT molecular complexity index is 294. The summed E-state index contributed by atoms with van der Waals surface area (Å²) in [5, 5.41) is 0. The Kier molecular flexibility index (Phi) is 10.4. The van der Waals surface area contributed by atoms with Crippen LogP contribution in [0.15, 0.2) is 35.2 Å². The zero-order valence-corrected chi connectivity index (χ0v) is 12.4. The molecular formula is C13H21NOS2. The summed E-state index contributed by atoms with van der Waals surface area (Å²) in [6.45, 7) is 10.1. The van der Waals surface area contributed by atoms with Crippen molar-refractivity contribution >= 4 is 28.8 Å². The summed E-state index contributed by atoms with van der Waals surface area (Å²) in [5.41, 5.74) is 0. The van der Waals surface area contributed by atoms with E-state index in [1.54, 1.807) is 0 Å². The average Bonchev–Trinajstić information content (AvgIpc) is 2.32. The molecule has 0 bridgehead atoms. The Morgan fingerprint density at radius 3 is 1.88 bits per heavy atom. The number of hydrogen-bond acceptors (Lipinski definition) is 3. The van der Waals surface area contributed by atoms with Gasteiger partial charge in [0.2, 0.25) is 4.45 Å². The largest absolute Gasteiger partial charge is 0.304 e. The Morgan fingerprint density at radius 2 is 1.59 bits per heavy atom. The molecule has 0 amide bonds. The third-order valence-electron chi connectivity index (χ3n) is 2.29. The number of nitrogens with zero attached hydrogens (tertiary/aromatic N) is 1. The molecule has 96 valence electrons. The van der Waals surface area contributed by atoms with Gasteiger partial charge in [0.15, 0.2) is 0 Å². The highest BCUT2D eigenvalue weighted by atomic mass is 32.2. The van der Waals surface area contributed by atoms with Crippen molar-refractivity contribution in [3.05, 3.63) is 30.3 Å². The molecule has 0 aliphatic carbocycles. The van der Waals surface area contributed by atoms with Crippen LogP contribution in [0.25, 0.3) is 0 Å². The molecule has 0 unspecified atom stereocenters. The third kappa shape index (κ3) is 9.27. The number of thiol groups is 1. The average molecular weight is 271 g/mol. The summed E-state index contributed by atoms with van der Waals surface area (Å²) < 4.78 is -0.175. The van der Waals surface area contributed by atoms with Gasteiger partial charge in [-0.2, -0.15) is 0 Å². The van der Waals surface area contributed by atoms with Gasteiger partial charge >= 0.3 is 0 Å². The van der Waals surface area contributed by atoms with Gasteiger partial charge in [-0.05, 0) is 43.5 Å². The van der Waals surface area contributed by atoms with Crippen LogP contribution in [0.4, 0.5) is 4.79 Å². The minimum absolute atomic E-state index is 0.175. The summed E-state index contributed by atoms with van der Waals surface area (Å²) in [5.74, 6) is 0. The van der Waals surface area contributed by atoms with Gasteiger partial charge < -0.3 is 4.90 Å². The second-order valence-electron chi connectivity index (χ2n) is 3.30. The molecule has 0 spiro atoms. The Labute approximate surface area is 114 Å². The fourth-order valence-corrected chi connectivity index (χ4v) is 2.07. The van der Waals surface area contributed by atoms with E-state index in [1.165, 1.54) is 19.6 Å². The molecule has 17 heavy (non-hydrogen) atoms. The van der Waals surface area contributed by atoms with E-state index >= 15 is 0 Å². The van der Waals surface area contributed by atoms with Crippen molar-refractivity contribution in [2.24, 2.45) is 0 Å². The lowest BCUT2D eigenvalue weighted by atomic mass is 10.4. The molecular weight excluding hydrogens is 250 g/mol. The third-order valence-corrected chi connectivity index (χ3v) is 3.25. The van der Waals surface area contributed by atoms with Gasteiger partial charge in [0.25, 0.3) is 0 Å². The van der Waals surface area contributed by atoms with E-state index in [2.05, 4.69) is 38.3 Å². The van der Waals surface area contributed by atoms with Gasteiger partial charge in [-0.1, -0.05) is 51.6 Å². The second-order valence-corrected chi connectivity index (χ2v) is 5.06. The summed E-state index contributed by atoms with van der Waals surface area (Å²) >= 11 is 4.76. The topological polar surface area (TPSA) is 20.3 Å². The number of carbonyl (C=O) groups is 1. The summed E-state index contributed by atoms with van der Waals surface area (Å²) in [4.78, 5) is 13.7. The molecule has 0 saturated heterocycles. The zero-order chi connectivity index (χ0) is 13.1. The predicted molar refractivity (Wildman–Crippen MR) is 80.1 cm³/mol. The molecule has 0 aliphatic rings. The first-order valence-corrected chi connectivity index (χ1v) is 7.08. The lowest BCUT2D eigenvalue weighted by molar-refractivity contribution is 0.277. The first-order valence-electron chi connectivity index (χ1n) is 5.82. The smallest absolute Gasteiger partial charge is 0.247 e. The summed E-state index contributed by atoms with van der Waals surface area (Å²) in [7, 11) is 0. The quantitative estimate of drug-likeness (QED) is 0.655. The van der Waals surface area contributed by atoms with E-state index in [-0.39, 0.29) is 4.45 Å². The molecule has 0 atom stereocenters. The maximum Gasteiger partial charge on any atom is 0.247 e. The molecule has 0 aliphatic heterocycles. The van der Waals surface area contributed by atoms with Crippen molar-refractivity contribution in [3.63, 3.8) is 0 Å². The summed E-state index contributed by atoms with van der Waals surface area (Å²) in [6, 6.07) is 9.43. The lowest BCUT2D eigenvalue weighted by Gasteiger charge is -2.13. The van der Waals surface area contributed by atoms with Crippen LogP contribution < -0.4 is 0 Å². The molecule has 0 heterocycles. The highest BCUT2D eigenvalue weighted by Crippen LogP contribution is 2.19. The van der Waals surface area contributed by atoms with Gasteiger partial charge in [-0.25, -0.2) is 0 Å². The maximum absolute atomic E-state index is 10.4. The van der Waals surface area contributed by atoms with Crippen LogP contribution in [-0.2, 0) is 0 Å². The Morgan fingerprint density at radius 1 is 1.12 bits per heavy atom. The van der Waals surface area contributed by atoms with Crippen LogP contribution in [0.2, 0.25) is 0 Å². The van der Waals surface area contributed by atoms with E-state index in [0.29, 0.717) is 0 Å². The number of rotatable bonds is 4. The highest BCUT2D eigenvalue weighted by molar-refractivity contribution is 8.32. The van der Waals surface area contributed by atoms with E-state index in [1.807, 2.05) is 30.3 Å². The molecule has 0 fully saturated rings. The van der Waals surface area contributed by atoms with Crippen molar-refractivity contribution in [2.45, 2.75) is 25.7 Å². The van der Waals surface area contributed by atoms with Crippen LogP contribution in [-0.4, -0.2) is 29.0 Å². The molecule has 1 aromatic carbocycles. The van der Waals surface area contributed by atoms with Gasteiger partial charge in [0.1, 0.15) is 0 Å². The monoisotopic (exact) mass is 271 g/mol. The normalized spacial score (nSPS) is 9.71. The van der Waals surface area contributed by atoms with Crippen molar-refractivity contribution in [3.8, 4) is 0 Å². The fourth-order valence-electron chi connectivity index (χ4n) is 1.26. The maximum atomic E-state index is 10.4. The minimum atomic E-state index is -0.175. The van der Waals surface area contributed by atoms with E-state index in [4.69, 9.17) is 0 Å². The van der Waals surface area contributed by atoms with Crippen LogP contribution in [0, 0.1) is 0 Å². The standard InChI is InChI=1S/C7H6OS2.C6H15N/c8-7(9)10-6-4-2-1-3-5-6;1-4-7(5-2)6-3/h1-5H,(H,8,9);4-6H2,1-3H3. The zero-order valence-electron chi connectivity index (χ0n) is 10.7. The summed E-state index contributed by atoms with van der Waals surface area (Å²) in [6.07, 6.45) is 0. The van der Waals surface area contributed by atoms with Gasteiger partial charge in [0, 0.05) is 4.90 Å². The number of hydrogen-bond donors (Lipinski definition) is 1. The van der Waals surface area contributed by atoms with Crippen molar-refractivity contribution in [1.82, 2.24) is 4.90 Å². The first kappa shape index (κ1) is 16.6. The van der Waals surface area contributed by atoms with Crippen LogP contribution in [0.5, 0.6) is 0 Å². The van der Waals surface area contributed by atoms with Crippen molar-refractivity contribution < 1.29 is 4.79 Å². The van der Waals surface area contributed by atoms with Gasteiger partial charge in [0.05, 0.1) is 0 Å². The Balaban J connectivity index is 0.000000325. The Hall–Kier alpha value is -0.450. The lowest BCUT2D eigenvalue weighted by Crippen LogP contribution is -2.21. The van der Waals surface area contributed by atoms with Crippen molar-refractivity contribution in [2.75, 3.05) is 19.6 Å². The molecule has 2 nitrogen and oxygen atoms in total. The van der Waals surface area contributed by atoms with E-state index < -0.39 is 0 Å². The second kappa shape index (κ2) is 10.7. The van der Waals surface area contributed by atoms with Gasteiger partial charge in [-0.15, -0.1) is 0 Å². The van der Waals surface area contributed by atoms with Crippen LogP contribution >= 0.6 is 24.4 Å². The molecule has 1 rings (SSSR count). The number of thioether (sulfide) groups is 1. The molecule has 0 aromatic heterocycles. The van der Waals surface area contributed by atoms with E-state index in [0.717, 1.165) is 16.7 Å². The molecule has 4 heteroatoms. The first-order chi connectivity index (χ1) is 8.13. The number of benzene rings is 1. The SMILES string of the molecule is CCN(CC)CC.O=C(S)Sc1ccccc1. The van der Waals surface area contributed by atoms with Gasteiger partial charge in [-0.3, -0.25) is 4.79 Å². The highest BCUT2D eigenvalue weighted by Gasteiger charge is 1.95. The minimum Gasteiger partial charge on any atom is -0.304 e. The predicted octanol–water partition coefficient (Wildman–Crippen LogP) is 4.18. The fraction of sp³-hybridized carbons (Fsp3) is 0.462. The van der Waals surface area contributed by atoms with E-state index in [9.17, 15) is 4.79 Å². The van der Waals surface area contributed by atoms with Crippen LogP contribution in [0.1, 0.15) is 20.8 Å². The molecule has 1 aromatic rings. The molecule has 0 saturated carbocycles.